The molecule has 2 aliphatic heterocycles. The van der Waals surface area contributed by atoms with Crippen molar-refractivity contribution in [3.8, 4) is 22.6 Å². The third-order valence-corrected chi connectivity index (χ3v) is 17.1. The van der Waals surface area contributed by atoms with E-state index in [1.165, 1.54) is 108 Å². The highest BCUT2D eigenvalue weighted by Crippen LogP contribution is 2.52. The molecule has 1 aromatic heterocycles. The largest absolute Gasteiger partial charge is 0.458 e. The summed E-state index contributed by atoms with van der Waals surface area (Å²) in [5.74, 6) is 1.86. The van der Waals surface area contributed by atoms with Crippen LogP contribution in [0, 0.1) is 0 Å². The number of benzene rings is 7. The Morgan fingerprint density at radius 2 is 1.08 bits per heavy atom. The van der Waals surface area contributed by atoms with Gasteiger partial charge < -0.3 is 14.5 Å². The first-order valence-corrected chi connectivity index (χ1v) is 24.5. The summed E-state index contributed by atoms with van der Waals surface area (Å²) < 4.78 is 9.54. The van der Waals surface area contributed by atoms with E-state index in [-0.39, 0.29) is 28.4 Å². The minimum atomic E-state index is 0.0270. The van der Waals surface area contributed by atoms with E-state index < -0.39 is 0 Å². The number of nitrogens with zero attached hydrogens (tertiary/aromatic N) is 2. The van der Waals surface area contributed by atoms with Crippen LogP contribution in [0.3, 0.4) is 0 Å². The molecule has 0 atom stereocenters. The van der Waals surface area contributed by atoms with Crippen molar-refractivity contribution in [2.45, 2.75) is 103 Å². The number of fused-ring (bicyclic) bond motifs is 8. The molecule has 0 amide bonds. The van der Waals surface area contributed by atoms with E-state index in [2.05, 4.69) is 217 Å². The van der Waals surface area contributed by atoms with Crippen LogP contribution in [0.15, 0.2) is 152 Å². The first-order valence-electron chi connectivity index (χ1n) is 23.7. The number of thiophene rings is 1. The van der Waals surface area contributed by atoms with E-state index >= 15 is 0 Å². The quantitative estimate of drug-likeness (QED) is 0.160. The Hall–Kier alpha value is -6.04. The summed E-state index contributed by atoms with van der Waals surface area (Å²) in [6.45, 7) is 19.5. The second-order valence-electron chi connectivity index (χ2n) is 21.8. The molecular formula is C60H57BN2OS. The summed E-state index contributed by atoms with van der Waals surface area (Å²) in [6, 6.07) is 57.1. The molecule has 0 bridgehead atoms. The van der Waals surface area contributed by atoms with Crippen LogP contribution in [0.25, 0.3) is 21.2 Å². The zero-order valence-corrected chi connectivity index (χ0v) is 39.9. The molecule has 12 rings (SSSR count). The lowest BCUT2D eigenvalue weighted by molar-refractivity contribution is 0.332. The topological polar surface area (TPSA) is 15.7 Å². The van der Waals surface area contributed by atoms with Gasteiger partial charge in [0.1, 0.15) is 11.5 Å². The number of rotatable bonds is 5. The molecule has 8 aromatic rings. The molecule has 4 aliphatic rings. The van der Waals surface area contributed by atoms with Gasteiger partial charge in [0.05, 0.1) is 5.69 Å². The standard InChI is InChI=1S/C60H57BN2OS/c1-57(2)30-32-59(5,6)47-36-42(23-26-45(47)57)62(43-24-27-46-48(37-43)60(7,8)33-31-58(46,3)4)41-25-29-53-44(35-41)55-56(65-53)61-49-28-22-39(38-16-11-9-12-17-38)34-52(49)64-51-21-15-20-50(54(51)61)63(55)40-18-13-10-14-19-40/h9-29,34-37H,30-33H2,1-8H3. The number of ether oxygens (including phenoxy) is 1. The molecular weight excluding hydrogens is 808 g/mol. The Kier molecular flexibility index (Phi) is 8.86. The lowest BCUT2D eigenvalue weighted by Gasteiger charge is -2.43. The van der Waals surface area contributed by atoms with Gasteiger partial charge in [0.2, 0.25) is 0 Å². The van der Waals surface area contributed by atoms with Crippen LogP contribution >= 0.6 is 11.3 Å². The minimum Gasteiger partial charge on any atom is -0.458 e. The summed E-state index contributed by atoms with van der Waals surface area (Å²) in [5, 5.41) is 1.26. The van der Waals surface area contributed by atoms with Crippen molar-refractivity contribution in [2.75, 3.05) is 9.80 Å². The van der Waals surface area contributed by atoms with Crippen LogP contribution in [0.4, 0.5) is 34.1 Å². The minimum absolute atomic E-state index is 0.0270. The van der Waals surface area contributed by atoms with Gasteiger partial charge in [0, 0.05) is 43.3 Å². The fraction of sp³-hybridized carbons (Fsp3) is 0.267. The molecule has 3 heterocycles. The average Bonchev–Trinajstić information content (AvgIpc) is 3.68. The average molecular weight is 865 g/mol. The van der Waals surface area contributed by atoms with Gasteiger partial charge in [-0.3, -0.25) is 0 Å². The maximum absolute atomic E-state index is 6.91. The van der Waals surface area contributed by atoms with Gasteiger partial charge in [-0.2, -0.15) is 0 Å². The van der Waals surface area contributed by atoms with Gasteiger partial charge in [0.25, 0.3) is 6.71 Å². The number of hydrogen-bond donors (Lipinski definition) is 0. The van der Waals surface area contributed by atoms with Crippen molar-refractivity contribution in [3.63, 3.8) is 0 Å². The Morgan fingerprint density at radius 3 is 1.71 bits per heavy atom. The van der Waals surface area contributed by atoms with Crippen LogP contribution in [-0.4, -0.2) is 6.71 Å². The monoisotopic (exact) mass is 864 g/mol. The Morgan fingerprint density at radius 1 is 0.508 bits per heavy atom. The lowest BCUT2D eigenvalue weighted by Crippen LogP contribution is -2.58. The van der Waals surface area contributed by atoms with Crippen LogP contribution in [0.2, 0.25) is 0 Å². The van der Waals surface area contributed by atoms with E-state index in [1.807, 2.05) is 11.3 Å². The Labute approximate surface area is 389 Å². The maximum atomic E-state index is 6.91. The van der Waals surface area contributed by atoms with Crippen LogP contribution < -0.4 is 30.2 Å². The second kappa shape index (κ2) is 14.2. The molecule has 2 aliphatic carbocycles. The van der Waals surface area contributed by atoms with Gasteiger partial charge >= 0.3 is 0 Å². The van der Waals surface area contributed by atoms with Crippen molar-refractivity contribution in [3.05, 3.63) is 174 Å². The Bertz CT molecular complexity index is 3140. The highest BCUT2D eigenvalue weighted by Gasteiger charge is 2.45. The van der Waals surface area contributed by atoms with E-state index in [4.69, 9.17) is 4.74 Å². The fourth-order valence-corrected chi connectivity index (χ4v) is 13.1. The van der Waals surface area contributed by atoms with E-state index in [0.717, 1.165) is 22.7 Å². The molecule has 0 N–H and O–H groups in total. The van der Waals surface area contributed by atoms with Crippen LogP contribution in [0.5, 0.6) is 11.5 Å². The molecule has 0 spiro atoms. The summed E-state index contributed by atoms with van der Waals surface area (Å²) in [6.07, 6.45) is 4.74. The molecule has 5 heteroatoms. The summed E-state index contributed by atoms with van der Waals surface area (Å²) in [5.41, 5.74) is 18.3. The molecule has 7 aromatic carbocycles. The SMILES string of the molecule is CC1(C)CCC(C)(C)c2cc(N(c3ccc4c(c3)C(C)(C)CCC4(C)C)c3ccc4sc5c(c4c3)N(c3ccccc3)c3cccc4c3B5c3ccc(-c5ccccc5)cc3O4)ccc21. The van der Waals surface area contributed by atoms with Gasteiger partial charge in [-0.1, -0.05) is 134 Å². The van der Waals surface area contributed by atoms with Gasteiger partial charge in [-0.15, -0.1) is 11.3 Å². The smallest absolute Gasteiger partial charge is 0.268 e. The first kappa shape index (κ1) is 40.5. The fourth-order valence-electron chi connectivity index (χ4n) is 11.8. The highest BCUT2D eigenvalue weighted by molar-refractivity contribution is 7.33. The number of para-hydroxylation sites is 1. The molecule has 0 fully saturated rings. The number of hydrogen-bond acceptors (Lipinski definition) is 4. The highest BCUT2D eigenvalue weighted by atomic mass is 32.1. The zero-order valence-electron chi connectivity index (χ0n) is 39.1. The van der Waals surface area contributed by atoms with Crippen molar-refractivity contribution >= 4 is 78.0 Å². The van der Waals surface area contributed by atoms with E-state index in [0.29, 0.717) is 0 Å². The summed E-state index contributed by atoms with van der Waals surface area (Å²) >= 11 is 1.93. The third kappa shape index (κ3) is 6.28. The Balaban J connectivity index is 1.10. The number of anilines is 6. The van der Waals surface area contributed by atoms with Crippen molar-refractivity contribution in [1.82, 2.24) is 0 Å². The van der Waals surface area contributed by atoms with E-state index in [1.54, 1.807) is 0 Å². The predicted octanol–water partition coefficient (Wildman–Crippen LogP) is 15.1. The van der Waals surface area contributed by atoms with Crippen LogP contribution in [0.1, 0.15) is 103 Å². The molecule has 3 nitrogen and oxygen atoms in total. The van der Waals surface area contributed by atoms with Crippen LogP contribution in [-0.2, 0) is 21.7 Å². The van der Waals surface area contributed by atoms with Gasteiger partial charge in [-0.05, 0) is 164 Å². The van der Waals surface area contributed by atoms with Gasteiger partial charge in [0.15, 0.2) is 0 Å². The lowest BCUT2D eigenvalue weighted by atomic mass is 9.37. The maximum Gasteiger partial charge on any atom is 0.268 e. The van der Waals surface area contributed by atoms with Gasteiger partial charge in [-0.25, -0.2) is 0 Å². The van der Waals surface area contributed by atoms with Crippen molar-refractivity contribution < 1.29 is 4.74 Å². The summed E-state index contributed by atoms with van der Waals surface area (Å²) in [7, 11) is 0. The first-order chi connectivity index (χ1) is 31.2. The predicted molar refractivity (Wildman–Crippen MR) is 278 cm³/mol. The molecule has 0 unspecified atom stereocenters. The molecule has 322 valence electrons. The zero-order chi connectivity index (χ0) is 44.6. The summed E-state index contributed by atoms with van der Waals surface area (Å²) in [4.78, 5) is 5.08. The molecule has 0 saturated heterocycles. The van der Waals surface area contributed by atoms with E-state index in [9.17, 15) is 0 Å². The van der Waals surface area contributed by atoms with Crippen molar-refractivity contribution in [1.29, 1.82) is 0 Å². The molecule has 0 saturated carbocycles. The second-order valence-corrected chi connectivity index (χ2v) is 22.9. The molecule has 65 heavy (non-hydrogen) atoms. The van der Waals surface area contributed by atoms with Crippen molar-refractivity contribution in [2.24, 2.45) is 0 Å². The third-order valence-electron chi connectivity index (χ3n) is 15.8. The normalized spacial score (nSPS) is 17.8. The molecule has 0 radical (unpaired) electrons.